The molecule has 0 aliphatic heterocycles. The summed E-state index contributed by atoms with van der Waals surface area (Å²) in [6.07, 6.45) is 10.3. The average molecular weight is 348 g/mol. The van der Waals surface area contributed by atoms with E-state index in [2.05, 4.69) is 17.2 Å². The summed E-state index contributed by atoms with van der Waals surface area (Å²) in [5.74, 6) is 0. The van der Waals surface area contributed by atoms with Crippen molar-refractivity contribution in [2.45, 2.75) is 52.0 Å². The van der Waals surface area contributed by atoms with Crippen LogP contribution < -0.4 is 5.56 Å². The van der Waals surface area contributed by atoms with Gasteiger partial charge in [0, 0.05) is 12.3 Å². The third kappa shape index (κ3) is 3.09. The van der Waals surface area contributed by atoms with E-state index in [9.17, 15) is 4.79 Å². The van der Waals surface area contributed by atoms with Crippen LogP contribution in [0.3, 0.4) is 0 Å². The second-order valence-corrected chi connectivity index (χ2v) is 7.25. The summed E-state index contributed by atoms with van der Waals surface area (Å²) in [5, 5.41) is 9.43. The number of hydrogen-bond donors (Lipinski definition) is 0. The van der Waals surface area contributed by atoms with Crippen molar-refractivity contribution in [1.29, 1.82) is 0 Å². The van der Waals surface area contributed by atoms with Gasteiger partial charge in [0.2, 0.25) is 0 Å². The highest BCUT2D eigenvalue weighted by Gasteiger charge is 2.17. The van der Waals surface area contributed by atoms with Crippen LogP contribution in [-0.2, 0) is 0 Å². The molecule has 26 heavy (non-hydrogen) atoms. The molecule has 3 aromatic rings. The Morgan fingerprint density at radius 2 is 1.85 bits per heavy atom. The molecule has 1 aliphatic rings. The molecule has 0 aromatic carbocycles. The Morgan fingerprint density at radius 3 is 2.62 bits per heavy atom. The molecule has 5 nitrogen and oxygen atoms in total. The van der Waals surface area contributed by atoms with Crippen LogP contribution in [-0.4, -0.2) is 19.4 Å². The van der Waals surface area contributed by atoms with E-state index in [-0.39, 0.29) is 11.6 Å². The molecule has 0 bridgehead atoms. The summed E-state index contributed by atoms with van der Waals surface area (Å²) in [6.45, 7) is 3.94. The first-order valence-electron chi connectivity index (χ1n) is 9.40. The summed E-state index contributed by atoms with van der Waals surface area (Å²) < 4.78 is 3.44. The Labute approximate surface area is 153 Å². The zero-order chi connectivity index (χ0) is 18.1. The van der Waals surface area contributed by atoms with Crippen molar-refractivity contribution in [3.05, 3.63) is 58.1 Å². The fourth-order valence-corrected chi connectivity index (χ4v) is 3.65. The highest BCUT2D eigenvalue weighted by atomic mass is 16.1. The first kappa shape index (κ1) is 16.8. The lowest BCUT2D eigenvalue weighted by Crippen LogP contribution is -2.23. The first-order chi connectivity index (χ1) is 12.6. The molecule has 0 N–H and O–H groups in total. The Morgan fingerprint density at radius 1 is 1.04 bits per heavy atom. The van der Waals surface area contributed by atoms with Crippen LogP contribution >= 0.6 is 0 Å². The van der Waals surface area contributed by atoms with Gasteiger partial charge in [-0.3, -0.25) is 4.79 Å². The van der Waals surface area contributed by atoms with Gasteiger partial charge in [-0.05, 0) is 63.8 Å². The van der Waals surface area contributed by atoms with Gasteiger partial charge in [0.15, 0.2) is 0 Å². The molecule has 0 spiro atoms. The lowest BCUT2D eigenvalue weighted by molar-refractivity contribution is 0.505. The van der Waals surface area contributed by atoms with E-state index < -0.39 is 0 Å². The molecule has 4 rings (SSSR count). The SMILES string of the molecule is CC(C)n1nc(-c2c(C=C3CCCCC3)nn3ccccc23)ccc1=O. The summed E-state index contributed by atoms with van der Waals surface area (Å²) in [4.78, 5) is 12.1. The van der Waals surface area contributed by atoms with Gasteiger partial charge in [-0.1, -0.05) is 18.1 Å². The normalized spacial score (nSPS) is 15.0. The molecule has 3 aromatic heterocycles. The van der Waals surface area contributed by atoms with E-state index >= 15 is 0 Å². The molecule has 1 fully saturated rings. The van der Waals surface area contributed by atoms with Crippen LogP contribution in [0.4, 0.5) is 0 Å². The Balaban J connectivity index is 1.92. The lowest BCUT2D eigenvalue weighted by atomic mass is 9.93. The van der Waals surface area contributed by atoms with Crippen molar-refractivity contribution < 1.29 is 0 Å². The van der Waals surface area contributed by atoms with Crippen LogP contribution in [0.15, 0.2) is 46.9 Å². The van der Waals surface area contributed by atoms with Crippen molar-refractivity contribution in [3.63, 3.8) is 0 Å². The minimum atomic E-state index is -0.0765. The molecular weight excluding hydrogens is 324 g/mol. The van der Waals surface area contributed by atoms with E-state index in [0.717, 1.165) is 35.3 Å². The molecular formula is C21H24N4O. The monoisotopic (exact) mass is 348 g/mol. The van der Waals surface area contributed by atoms with Crippen LogP contribution in [0.25, 0.3) is 22.9 Å². The van der Waals surface area contributed by atoms with Gasteiger partial charge in [-0.2, -0.15) is 10.2 Å². The molecule has 1 aliphatic carbocycles. The third-order valence-electron chi connectivity index (χ3n) is 4.97. The Kier molecular flexibility index (Phi) is 4.45. The zero-order valence-corrected chi connectivity index (χ0v) is 15.4. The van der Waals surface area contributed by atoms with E-state index in [1.807, 2.05) is 42.8 Å². The predicted molar refractivity (Wildman–Crippen MR) is 104 cm³/mol. The maximum atomic E-state index is 12.1. The molecule has 5 heteroatoms. The molecule has 3 heterocycles. The van der Waals surface area contributed by atoms with Crippen molar-refractivity contribution in [2.24, 2.45) is 0 Å². The van der Waals surface area contributed by atoms with Crippen LogP contribution in [0.1, 0.15) is 57.7 Å². The fourth-order valence-electron chi connectivity index (χ4n) is 3.65. The topological polar surface area (TPSA) is 52.2 Å². The lowest BCUT2D eigenvalue weighted by Gasteiger charge is -2.13. The minimum Gasteiger partial charge on any atom is -0.268 e. The third-order valence-corrected chi connectivity index (χ3v) is 4.97. The second kappa shape index (κ2) is 6.90. The molecule has 134 valence electrons. The van der Waals surface area contributed by atoms with Crippen LogP contribution in [0.2, 0.25) is 0 Å². The van der Waals surface area contributed by atoms with Gasteiger partial charge in [0.05, 0.1) is 28.5 Å². The van der Waals surface area contributed by atoms with Gasteiger partial charge in [-0.15, -0.1) is 0 Å². The number of nitrogens with zero attached hydrogens (tertiary/aromatic N) is 4. The summed E-state index contributed by atoms with van der Waals surface area (Å²) in [7, 11) is 0. The van der Waals surface area contributed by atoms with E-state index in [1.54, 1.807) is 10.7 Å². The van der Waals surface area contributed by atoms with Crippen molar-refractivity contribution in [2.75, 3.05) is 0 Å². The van der Waals surface area contributed by atoms with Gasteiger partial charge in [-0.25, -0.2) is 9.20 Å². The summed E-state index contributed by atoms with van der Waals surface area (Å²) in [5.41, 5.74) is 5.12. The molecule has 0 amide bonds. The fraction of sp³-hybridized carbons (Fsp3) is 0.381. The molecule has 0 unspecified atom stereocenters. The highest BCUT2D eigenvalue weighted by molar-refractivity contribution is 5.85. The van der Waals surface area contributed by atoms with E-state index in [1.165, 1.54) is 24.8 Å². The quantitative estimate of drug-likeness (QED) is 0.701. The number of rotatable bonds is 3. The smallest absolute Gasteiger partial charge is 0.267 e. The maximum absolute atomic E-state index is 12.1. The largest absolute Gasteiger partial charge is 0.268 e. The Hall–Kier alpha value is -2.69. The zero-order valence-electron chi connectivity index (χ0n) is 15.4. The molecule has 0 radical (unpaired) electrons. The first-order valence-corrected chi connectivity index (χ1v) is 9.40. The van der Waals surface area contributed by atoms with Gasteiger partial charge < -0.3 is 0 Å². The van der Waals surface area contributed by atoms with E-state index in [0.29, 0.717) is 0 Å². The molecule has 1 saturated carbocycles. The van der Waals surface area contributed by atoms with Gasteiger partial charge >= 0.3 is 0 Å². The standard InChI is InChI=1S/C21H24N4O/c1-15(2)25-20(26)12-11-17(23-25)21-18(14-16-8-4-3-5-9-16)22-24-13-7-6-10-19(21)24/h6-7,10-15H,3-5,8-9H2,1-2H3. The van der Waals surface area contributed by atoms with Gasteiger partial charge in [0.25, 0.3) is 5.56 Å². The maximum Gasteiger partial charge on any atom is 0.267 e. The number of aromatic nitrogens is 4. The second-order valence-electron chi connectivity index (χ2n) is 7.25. The molecule has 0 saturated heterocycles. The van der Waals surface area contributed by atoms with Crippen molar-refractivity contribution in [1.82, 2.24) is 19.4 Å². The van der Waals surface area contributed by atoms with Crippen molar-refractivity contribution >= 4 is 11.6 Å². The number of hydrogen-bond acceptors (Lipinski definition) is 3. The number of fused-ring (bicyclic) bond motifs is 1. The highest BCUT2D eigenvalue weighted by Crippen LogP contribution is 2.31. The number of pyridine rings is 1. The van der Waals surface area contributed by atoms with Crippen LogP contribution in [0.5, 0.6) is 0 Å². The Bertz CT molecular complexity index is 1020. The number of allylic oxidation sites excluding steroid dienone is 1. The average Bonchev–Trinajstić information content (AvgIpc) is 3.00. The van der Waals surface area contributed by atoms with Gasteiger partial charge in [0.1, 0.15) is 0 Å². The molecule has 0 atom stereocenters. The summed E-state index contributed by atoms with van der Waals surface area (Å²) >= 11 is 0. The van der Waals surface area contributed by atoms with E-state index in [4.69, 9.17) is 5.10 Å². The predicted octanol–water partition coefficient (Wildman–Crippen LogP) is 4.49. The van der Waals surface area contributed by atoms with Crippen LogP contribution in [0, 0.1) is 0 Å². The minimum absolute atomic E-state index is 0.0180. The van der Waals surface area contributed by atoms with Crippen molar-refractivity contribution in [3.8, 4) is 11.3 Å². The summed E-state index contributed by atoms with van der Waals surface area (Å²) in [6, 6.07) is 9.47.